The molecule has 5 nitrogen and oxygen atoms in total. The van der Waals surface area contributed by atoms with E-state index >= 15 is 0 Å². The number of halogens is 1. The molecule has 1 aromatic heterocycles. The van der Waals surface area contributed by atoms with E-state index in [-0.39, 0.29) is 12.1 Å². The third-order valence-corrected chi connectivity index (χ3v) is 2.95. The zero-order valence-corrected chi connectivity index (χ0v) is 10.6. The van der Waals surface area contributed by atoms with Crippen molar-refractivity contribution in [3.63, 3.8) is 0 Å². The van der Waals surface area contributed by atoms with Crippen molar-refractivity contribution in [2.24, 2.45) is 0 Å². The van der Waals surface area contributed by atoms with Crippen molar-refractivity contribution in [3.8, 4) is 0 Å². The van der Waals surface area contributed by atoms with Crippen LogP contribution in [-0.2, 0) is 4.74 Å². The molecule has 0 aromatic carbocycles. The first-order valence-corrected chi connectivity index (χ1v) is 5.85. The summed E-state index contributed by atoms with van der Waals surface area (Å²) in [6, 6.07) is 0.245. The van der Waals surface area contributed by atoms with Gasteiger partial charge in [-0.15, -0.1) is 0 Å². The second kappa shape index (κ2) is 5.04. The van der Waals surface area contributed by atoms with E-state index in [1.165, 1.54) is 0 Å². The molecule has 0 saturated carbocycles. The molecule has 1 aliphatic heterocycles. The monoisotopic (exact) mass is 320 g/mol. The van der Waals surface area contributed by atoms with Gasteiger partial charge in [-0.2, -0.15) is 0 Å². The molecule has 0 spiro atoms. The zero-order valence-electron chi connectivity index (χ0n) is 8.40. The van der Waals surface area contributed by atoms with E-state index in [4.69, 9.17) is 4.74 Å². The van der Waals surface area contributed by atoms with E-state index in [0.717, 1.165) is 16.7 Å². The zero-order chi connectivity index (χ0) is 10.7. The maximum absolute atomic E-state index is 5.34. The molecule has 2 N–H and O–H groups in total. The predicted molar refractivity (Wildman–Crippen MR) is 65.8 cm³/mol. The minimum absolute atomic E-state index is 0.188. The van der Waals surface area contributed by atoms with E-state index in [1.54, 1.807) is 19.5 Å². The number of nitrogens with one attached hydrogen (secondary N) is 2. The van der Waals surface area contributed by atoms with E-state index in [0.29, 0.717) is 5.95 Å². The van der Waals surface area contributed by atoms with Crippen LogP contribution in [0, 0.1) is 3.57 Å². The van der Waals surface area contributed by atoms with E-state index in [2.05, 4.69) is 43.2 Å². The van der Waals surface area contributed by atoms with Crippen LogP contribution in [0.5, 0.6) is 0 Å². The summed E-state index contributed by atoms with van der Waals surface area (Å²) in [5, 5.41) is 6.52. The number of anilines is 1. The molecular formula is C9H13IN4O. The molecule has 82 valence electrons. The predicted octanol–water partition coefficient (Wildman–Crippen LogP) is 0.480. The third kappa shape index (κ3) is 2.76. The lowest BCUT2D eigenvalue weighted by atomic mass is 10.2. The van der Waals surface area contributed by atoms with Gasteiger partial charge in [-0.05, 0) is 22.6 Å². The first-order valence-electron chi connectivity index (χ1n) is 4.77. The second-order valence-electron chi connectivity index (χ2n) is 3.41. The molecule has 15 heavy (non-hydrogen) atoms. The van der Waals surface area contributed by atoms with Gasteiger partial charge in [-0.3, -0.25) is 0 Å². The molecule has 1 fully saturated rings. The van der Waals surface area contributed by atoms with Crippen molar-refractivity contribution in [3.05, 3.63) is 16.0 Å². The molecule has 1 saturated heterocycles. The number of nitrogens with zero attached hydrogens (tertiary/aromatic N) is 2. The summed E-state index contributed by atoms with van der Waals surface area (Å²) in [7, 11) is 1.72. The second-order valence-corrected chi connectivity index (χ2v) is 4.65. The SMILES string of the molecule is CO[C@H]1CNCC1Nc1ncc(I)cn1. The van der Waals surface area contributed by atoms with Gasteiger partial charge in [0.15, 0.2) is 0 Å². The molecule has 0 amide bonds. The summed E-state index contributed by atoms with van der Waals surface area (Å²) in [6.45, 7) is 1.76. The molecule has 0 bridgehead atoms. The Kier molecular flexibility index (Phi) is 3.71. The highest BCUT2D eigenvalue weighted by Gasteiger charge is 2.27. The number of hydrogen-bond acceptors (Lipinski definition) is 5. The van der Waals surface area contributed by atoms with Crippen LogP contribution in [0.1, 0.15) is 0 Å². The Bertz CT molecular complexity index is 318. The summed E-state index contributed by atoms with van der Waals surface area (Å²) in [4.78, 5) is 8.39. The van der Waals surface area contributed by atoms with Crippen molar-refractivity contribution >= 4 is 28.5 Å². The molecule has 6 heteroatoms. The molecule has 2 heterocycles. The van der Waals surface area contributed by atoms with Gasteiger partial charge in [0.2, 0.25) is 5.95 Å². The van der Waals surface area contributed by atoms with Gasteiger partial charge in [0.05, 0.1) is 12.1 Å². The van der Waals surface area contributed by atoms with Crippen LogP contribution >= 0.6 is 22.6 Å². The van der Waals surface area contributed by atoms with Crippen molar-refractivity contribution < 1.29 is 4.74 Å². The summed E-state index contributed by atoms with van der Waals surface area (Å²) in [5.74, 6) is 0.658. The van der Waals surface area contributed by atoms with Crippen LogP contribution in [0.3, 0.4) is 0 Å². The van der Waals surface area contributed by atoms with Gasteiger partial charge < -0.3 is 15.4 Å². The average Bonchev–Trinajstić information content (AvgIpc) is 2.69. The van der Waals surface area contributed by atoms with Crippen molar-refractivity contribution in [2.45, 2.75) is 12.1 Å². The Morgan fingerprint density at radius 3 is 2.87 bits per heavy atom. The highest BCUT2D eigenvalue weighted by atomic mass is 127. The lowest BCUT2D eigenvalue weighted by Crippen LogP contribution is -2.34. The molecule has 2 atom stereocenters. The van der Waals surface area contributed by atoms with Crippen LogP contribution in [0.4, 0.5) is 5.95 Å². The number of methoxy groups -OCH3 is 1. The summed E-state index contributed by atoms with van der Waals surface area (Å²) in [5.41, 5.74) is 0. The fourth-order valence-electron chi connectivity index (χ4n) is 1.60. The third-order valence-electron chi connectivity index (χ3n) is 2.40. The number of aromatic nitrogens is 2. The summed E-state index contributed by atoms with van der Waals surface area (Å²) < 4.78 is 6.37. The van der Waals surface area contributed by atoms with E-state index in [9.17, 15) is 0 Å². The Morgan fingerprint density at radius 1 is 1.47 bits per heavy atom. The fraction of sp³-hybridized carbons (Fsp3) is 0.556. The molecule has 0 radical (unpaired) electrons. The van der Waals surface area contributed by atoms with Gasteiger partial charge in [0, 0.05) is 36.2 Å². The van der Waals surface area contributed by atoms with Crippen molar-refractivity contribution in [2.75, 3.05) is 25.5 Å². The van der Waals surface area contributed by atoms with Crippen LogP contribution in [0.2, 0.25) is 0 Å². The molecular weight excluding hydrogens is 307 g/mol. The van der Waals surface area contributed by atoms with Crippen LogP contribution in [0.25, 0.3) is 0 Å². The van der Waals surface area contributed by atoms with Crippen LogP contribution in [0.15, 0.2) is 12.4 Å². The van der Waals surface area contributed by atoms with Gasteiger partial charge in [-0.25, -0.2) is 9.97 Å². The average molecular weight is 320 g/mol. The Hall–Kier alpha value is -0.470. The smallest absolute Gasteiger partial charge is 0.223 e. The number of rotatable bonds is 3. The summed E-state index contributed by atoms with van der Waals surface area (Å²) >= 11 is 2.18. The fourth-order valence-corrected chi connectivity index (χ4v) is 1.88. The molecule has 2 rings (SSSR count). The van der Waals surface area contributed by atoms with Gasteiger partial charge >= 0.3 is 0 Å². The topological polar surface area (TPSA) is 59.1 Å². The maximum atomic E-state index is 5.34. The highest BCUT2D eigenvalue weighted by Crippen LogP contribution is 2.10. The van der Waals surface area contributed by atoms with Crippen molar-refractivity contribution in [1.82, 2.24) is 15.3 Å². The van der Waals surface area contributed by atoms with Gasteiger partial charge in [-0.1, -0.05) is 0 Å². The van der Waals surface area contributed by atoms with Gasteiger partial charge in [0.1, 0.15) is 0 Å². The standard InChI is InChI=1S/C9H13IN4O/c1-15-8-5-11-4-7(8)14-9-12-2-6(10)3-13-9/h2-3,7-8,11H,4-5H2,1H3,(H,12,13,14)/t7?,8-/m0/s1. The quantitative estimate of drug-likeness (QED) is 0.794. The highest BCUT2D eigenvalue weighted by molar-refractivity contribution is 14.1. The first-order chi connectivity index (χ1) is 7.29. The molecule has 1 aromatic rings. The van der Waals surface area contributed by atoms with Crippen LogP contribution in [-0.4, -0.2) is 42.3 Å². The van der Waals surface area contributed by atoms with Crippen molar-refractivity contribution in [1.29, 1.82) is 0 Å². The number of ether oxygens (including phenoxy) is 1. The van der Waals surface area contributed by atoms with E-state index in [1.807, 2.05) is 0 Å². The largest absolute Gasteiger partial charge is 0.378 e. The van der Waals surface area contributed by atoms with Gasteiger partial charge in [0.25, 0.3) is 0 Å². The summed E-state index contributed by atoms with van der Waals surface area (Å²) in [6.07, 6.45) is 3.77. The molecule has 1 unspecified atom stereocenters. The first kappa shape index (κ1) is 11.0. The van der Waals surface area contributed by atoms with Crippen LogP contribution < -0.4 is 10.6 Å². The van der Waals surface area contributed by atoms with E-state index < -0.39 is 0 Å². The minimum atomic E-state index is 0.188. The Morgan fingerprint density at radius 2 is 2.20 bits per heavy atom. The molecule has 1 aliphatic rings. The minimum Gasteiger partial charge on any atom is -0.378 e. The Balaban J connectivity index is 1.99. The Labute approximate surface area is 102 Å². The lowest BCUT2D eigenvalue weighted by Gasteiger charge is -2.18. The normalized spacial score (nSPS) is 25.5. The molecule has 0 aliphatic carbocycles. The number of hydrogen-bond donors (Lipinski definition) is 2. The maximum Gasteiger partial charge on any atom is 0.223 e. The lowest BCUT2D eigenvalue weighted by molar-refractivity contribution is 0.111.